The molecule has 11 nitrogen and oxygen atoms in total. The standard InChI is InChI=1S/C23H20N4O7/c28-17-7-5-14(9-19(17)30)11-24-26-22(32)13-34-21-4-2-1-3-16(21)23(33)27-25-12-15-6-8-18(29)20(31)10-15/h1-12,28-31H,13H2,(H,26,32)(H,27,33)/b24-11+,25-12+. The second-order valence-corrected chi connectivity index (χ2v) is 6.77. The SMILES string of the molecule is O=C(COc1ccccc1C(=O)N/N=C/c1ccc(O)c(O)c1)N/N=C/c1ccc(O)c(O)c1. The number of aromatic hydroxyl groups is 4. The van der Waals surface area contributed by atoms with Gasteiger partial charge in [0.15, 0.2) is 29.6 Å². The van der Waals surface area contributed by atoms with E-state index in [1.807, 2.05) is 0 Å². The van der Waals surface area contributed by atoms with Crippen LogP contribution >= 0.6 is 0 Å². The van der Waals surface area contributed by atoms with Crippen LogP contribution < -0.4 is 15.6 Å². The molecule has 6 N–H and O–H groups in total. The number of hydrazone groups is 2. The maximum absolute atomic E-state index is 12.4. The molecular formula is C23H20N4O7. The van der Waals surface area contributed by atoms with Crippen molar-refractivity contribution in [3.05, 3.63) is 77.4 Å². The topological polar surface area (TPSA) is 173 Å². The van der Waals surface area contributed by atoms with Crippen LogP contribution in [0.15, 0.2) is 70.9 Å². The lowest BCUT2D eigenvalue weighted by atomic mass is 10.2. The predicted octanol–water partition coefficient (Wildman–Crippen LogP) is 1.80. The average Bonchev–Trinajstić information content (AvgIpc) is 2.82. The number of carbonyl (C=O) groups excluding carboxylic acids is 2. The summed E-state index contributed by atoms with van der Waals surface area (Å²) in [5.74, 6) is -2.25. The molecule has 3 aromatic carbocycles. The van der Waals surface area contributed by atoms with Crippen molar-refractivity contribution in [3.8, 4) is 28.7 Å². The van der Waals surface area contributed by atoms with Gasteiger partial charge in [0.25, 0.3) is 11.8 Å². The van der Waals surface area contributed by atoms with Gasteiger partial charge in [-0.1, -0.05) is 12.1 Å². The number of ether oxygens (including phenoxy) is 1. The molecule has 0 unspecified atom stereocenters. The molecule has 0 radical (unpaired) electrons. The van der Waals surface area contributed by atoms with Crippen LogP contribution in [0.2, 0.25) is 0 Å². The van der Waals surface area contributed by atoms with E-state index in [9.17, 15) is 30.0 Å². The monoisotopic (exact) mass is 464 g/mol. The summed E-state index contributed by atoms with van der Waals surface area (Å²) < 4.78 is 5.42. The molecule has 0 aromatic heterocycles. The zero-order valence-corrected chi connectivity index (χ0v) is 17.5. The zero-order chi connectivity index (χ0) is 24.5. The maximum atomic E-state index is 12.4. The number of benzene rings is 3. The third-order valence-electron chi connectivity index (χ3n) is 4.27. The minimum atomic E-state index is -0.598. The number of rotatable bonds is 8. The van der Waals surface area contributed by atoms with Gasteiger partial charge in [-0.3, -0.25) is 9.59 Å². The van der Waals surface area contributed by atoms with Gasteiger partial charge in [-0.2, -0.15) is 10.2 Å². The van der Waals surface area contributed by atoms with Crippen LogP contribution in [-0.2, 0) is 4.79 Å². The van der Waals surface area contributed by atoms with Crippen molar-refractivity contribution in [1.82, 2.24) is 10.9 Å². The molecule has 3 aromatic rings. The van der Waals surface area contributed by atoms with Crippen molar-refractivity contribution >= 4 is 24.2 Å². The second-order valence-electron chi connectivity index (χ2n) is 6.77. The van der Waals surface area contributed by atoms with Crippen LogP contribution in [0.4, 0.5) is 0 Å². The van der Waals surface area contributed by atoms with Crippen molar-refractivity contribution in [2.45, 2.75) is 0 Å². The molecule has 2 amide bonds. The van der Waals surface area contributed by atoms with Gasteiger partial charge in [0.2, 0.25) is 0 Å². The summed E-state index contributed by atoms with van der Waals surface area (Å²) in [6.07, 6.45) is 2.55. The lowest BCUT2D eigenvalue weighted by molar-refractivity contribution is -0.123. The summed E-state index contributed by atoms with van der Waals surface area (Å²) in [4.78, 5) is 24.4. The molecule has 0 saturated carbocycles. The van der Waals surface area contributed by atoms with Crippen LogP contribution in [0.5, 0.6) is 28.7 Å². The molecule has 0 fully saturated rings. The van der Waals surface area contributed by atoms with Crippen molar-refractivity contribution < 1.29 is 34.8 Å². The highest BCUT2D eigenvalue weighted by Crippen LogP contribution is 2.25. The third-order valence-corrected chi connectivity index (χ3v) is 4.27. The number of para-hydroxylation sites is 1. The molecule has 3 rings (SSSR count). The molecule has 0 saturated heterocycles. The molecule has 0 heterocycles. The minimum absolute atomic E-state index is 0.129. The molecule has 174 valence electrons. The Kier molecular flexibility index (Phi) is 7.63. The Hall–Kier alpha value is -5.06. The fraction of sp³-hybridized carbons (Fsp3) is 0.0435. The molecule has 0 aliphatic rings. The smallest absolute Gasteiger partial charge is 0.277 e. The third kappa shape index (κ3) is 6.47. The molecule has 0 spiro atoms. The normalized spacial score (nSPS) is 10.9. The van der Waals surface area contributed by atoms with E-state index in [-0.39, 0.29) is 34.3 Å². The zero-order valence-electron chi connectivity index (χ0n) is 17.5. The van der Waals surface area contributed by atoms with Crippen molar-refractivity contribution in [1.29, 1.82) is 0 Å². The van der Waals surface area contributed by atoms with E-state index in [4.69, 9.17) is 4.74 Å². The van der Waals surface area contributed by atoms with Crippen molar-refractivity contribution in [2.75, 3.05) is 6.61 Å². The Balaban J connectivity index is 1.54. The second kappa shape index (κ2) is 11.0. The number of phenols is 4. The first-order valence-corrected chi connectivity index (χ1v) is 9.74. The number of nitrogens with one attached hydrogen (secondary N) is 2. The van der Waals surface area contributed by atoms with E-state index in [0.717, 1.165) is 0 Å². The van der Waals surface area contributed by atoms with Gasteiger partial charge in [0.05, 0.1) is 18.0 Å². The average molecular weight is 464 g/mol. The van der Waals surface area contributed by atoms with Gasteiger partial charge >= 0.3 is 0 Å². The summed E-state index contributed by atoms with van der Waals surface area (Å²) in [5, 5.41) is 45.1. The largest absolute Gasteiger partial charge is 0.504 e. The Morgan fingerprint density at radius 3 is 1.91 bits per heavy atom. The number of nitrogens with zero attached hydrogens (tertiary/aromatic N) is 2. The summed E-state index contributed by atoms with van der Waals surface area (Å²) in [5.41, 5.74) is 5.58. The highest BCUT2D eigenvalue weighted by Gasteiger charge is 2.13. The number of hydrogen-bond donors (Lipinski definition) is 6. The van der Waals surface area contributed by atoms with E-state index in [0.29, 0.717) is 11.1 Å². The lowest BCUT2D eigenvalue weighted by Gasteiger charge is -2.09. The van der Waals surface area contributed by atoms with E-state index in [2.05, 4.69) is 21.1 Å². The highest BCUT2D eigenvalue weighted by atomic mass is 16.5. The van der Waals surface area contributed by atoms with Crippen LogP contribution in [0.1, 0.15) is 21.5 Å². The Bertz CT molecular complexity index is 1260. The molecular weight excluding hydrogens is 444 g/mol. The van der Waals surface area contributed by atoms with E-state index < -0.39 is 18.4 Å². The fourth-order valence-electron chi connectivity index (χ4n) is 2.60. The first kappa shape index (κ1) is 23.6. The van der Waals surface area contributed by atoms with E-state index in [1.165, 1.54) is 61.0 Å². The molecule has 11 heteroatoms. The highest BCUT2D eigenvalue weighted by molar-refractivity contribution is 5.97. The van der Waals surface area contributed by atoms with Crippen molar-refractivity contribution in [2.24, 2.45) is 10.2 Å². The first-order valence-electron chi connectivity index (χ1n) is 9.74. The summed E-state index contributed by atoms with van der Waals surface area (Å²) in [7, 11) is 0. The van der Waals surface area contributed by atoms with Gasteiger partial charge in [-0.05, 0) is 59.7 Å². The Labute approximate surface area is 193 Å². The molecule has 34 heavy (non-hydrogen) atoms. The minimum Gasteiger partial charge on any atom is -0.504 e. The summed E-state index contributed by atoms with van der Waals surface area (Å²) in [6.45, 7) is -0.432. The quantitative estimate of drug-likeness (QED) is 0.167. The van der Waals surface area contributed by atoms with Gasteiger partial charge in [-0.25, -0.2) is 10.9 Å². The van der Waals surface area contributed by atoms with Crippen LogP contribution in [0.3, 0.4) is 0 Å². The fourth-order valence-corrected chi connectivity index (χ4v) is 2.60. The number of amides is 2. The van der Waals surface area contributed by atoms with Gasteiger partial charge in [0, 0.05) is 0 Å². The van der Waals surface area contributed by atoms with Gasteiger partial charge < -0.3 is 25.2 Å². The summed E-state index contributed by atoms with van der Waals surface area (Å²) >= 11 is 0. The number of carbonyl (C=O) groups is 2. The Morgan fingerprint density at radius 2 is 1.32 bits per heavy atom. The molecule has 0 atom stereocenters. The number of phenolic OH excluding ortho intramolecular Hbond substituents is 4. The molecule has 0 aliphatic carbocycles. The van der Waals surface area contributed by atoms with Crippen LogP contribution in [0, 0.1) is 0 Å². The number of hydrogen-bond acceptors (Lipinski definition) is 9. The first-order chi connectivity index (χ1) is 16.3. The Morgan fingerprint density at radius 1 is 0.765 bits per heavy atom. The van der Waals surface area contributed by atoms with Gasteiger partial charge in [0.1, 0.15) is 5.75 Å². The molecule has 0 aliphatic heterocycles. The van der Waals surface area contributed by atoms with Crippen molar-refractivity contribution in [3.63, 3.8) is 0 Å². The van der Waals surface area contributed by atoms with Gasteiger partial charge in [-0.15, -0.1) is 0 Å². The lowest BCUT2D eigenvalue weighted by Crippen LogP contribution is -2.25. The predicted molar refractivity (Wildman–Crippen MR) is 122 cm³/mol. The maximum Gasteiger partial charge on any atom is 0.277 e. The van der Waals surface area contributed by atoms with E-state index in [1.54, 1.807) is 12.1 Å². The van der Waals surface area contributed by atoms with Crippen LogP contribution in [0.25, 0.3) is 0 Å². The van der Waals surface area contributed by atoms with E-state index >= 15 is 0 Å². The summed E-state index contributed by atoms with van der Waals surface area (Å²) in [6, 6.07) is 14.3. The molecule has 0 bridgehead atoms. The van der Waals surface area contributed by atoms with Crippen LogP contribution in [-0.4, -0.2) is 51.3 Å².